The number of benzene rings is 2. The lowest BCUT2D eigenvalue weighted by Crippen LogP contribution is -2.48. The average molecular weight is 400 g/mol. The zero-order chi connectivity index (χ0) is 21.3. The predicted molar refractivity (Wildman–Crippen MR) is 112 cm³/mol. The fourth-order valence-electron chi connectivity index (χ4n) is 3.19. The smallest absolute Gasteiger partial charge is 0.251 e. The molecule has 29 heavy (non-hydrogen) atoms. The number of halogens is 1. The first-order chi connectivity index (χ1) is 13.8. The molecule has 0 spiro atoms. The van der Waals surface area contributed by atoms with E-state index < -0.39 is 5.67 Å². The number of hydrogen-bond acceptors (Lipinski definition) is 4. The molecule has 1 aliphatic heterocycles. The number of aryl methyl sites for hydroxylation is 1. The lowest BCUT2D eigenvalue weighted by Gasteiger charge is -2.36. The maximum absolute atomic E-state index is 15.0. The van der Waals surface area contributed by atoms with Gasteiger partial charge in [0, 0.05) is 25.2 Å². The van der Waals surface area contributed by atoms with Crippen molar-refractivity contribution in [1.82, 2.24) is 10.2 Å². The molecule has 5 nitrogen and oxygen atoms in total. The third kappa shape index (κ3) is 7.31. The van der Waals surface area contributed by atoms with E-state index in [0.29, 0.717) is 31.5 Å². The quantitative estimate of drug-likeness (QED) is 0.752. The van der Waals surface area contributed by atoms with Crippen LogP contribution in [0.1, 0.15) is 41.3 Å². The summed E-state index contributed by atoms with van der Waals surface area (Å²) in [7, 11) is 0. The SMILES string of the molecule is CC=O.Cc1ccc(CN2CCC(F)(CNC(=O)c3ccc(O)cc3)CC2)cc1. The Bertz CT molecular complexity index is 783. The predicted octanol–water partition coefficient (Wildman–Crippen LogP) is 3.64. The zero-order valence-electron chi connectivity index (χ0n) is 17.0. The summed E-state index contributed by atoms with van der Waals surface area (Å²) in [6.07, 6.45) is 1.57. The lowest BCUT2D eigenvalue weighted by atomic mass is 9.92. The highest BCUT2D eigenvalue weighted by Crippen LogP contribution is 2.27. The Morgan fingerprint density at radius 3 is 2.24 bits per heavy atom. The summed E-state index contributed by atoms with van der Waals surface area (Å²) < 4.78 is 15.0. The molecule has 2 N–H and O–H groups in total. The summed E-state index contributed by atoms with van der Waals surface area (Å²) in [6.45, 7) is 5.72. The number of aromatic hydroxyl groups is 1. The van der Waals surface area contributed by atoms with Gasteiger partial charge in [-0.1, -0.05) is 29.8 Å². The van der Waals surface area contributed by atoms with Gasteiger partial charge in [-0.15, -0.1) is 0 Å². The van der Waals surface area contributed by atoms with E-state index in [2.05, 4.69) is 41.4 Å². The van der Waals surface area contributed by atoms with Gasteiger partial charge in [-0.3, -0.25) is 9.69 Å². The number of alkyl halides is 1. The standard InChI is InChI=1S/C21H25FN2O2.C2H4O/c1-16-2-4-17(5-3-16)14-24-12-10-21(22,11-13-24)15-23-20(26)18-6-8-19(25)9-7-18;1-2-3/h2-9,25H,10-15H2,1H3,(H,23,26);2H,1H3. The maximum Gasteiger partial charge on any atom is 0.251 e. The fourth-order valence-corrected chi connectivity index (χ4v) is 3.19. The summed E-state index contributed by atoms with van der Waals surface area (Å²) >= 11 is 0. The monoisotopic (exact) mass is 400 g/mol. The van der Waals surface area contributed by atoms with E-state index in [1.165, 1.54) is 42.3 Å². The van der Waals surface area contributed by atoms with Crippen LogP contribution in [0.25, 0.3) is 0 Å². The number of likely N-dealkylation sites (tertiary alicyclic amines) is 1. The summed E-state index contributed by atoms with van der Waals surface area (Å²) in [6, 6.07) is 14.4. The Morgan fingerprint density at radius 2 is 1.69 bits per heavy atom. The highest BCUT2D eigenvalue weighted by Gasteiger charge is 2.34. The van der Waals surface area contributed by atoms with Crippen LogP contribution in [0.3, 0.4) is 0 Å². The molecule has 1 amide bonds. The second kappa shape index (κ2) is 10.7. The van der Waals surface area contributed by atoms with Crippen LogP contribution in [0.4, 0.5) is 4.39 Å². The number of aldehydes is 1. The van der Waals surface area contributed by atoms with Gasteiger partial charge < -0.3 is 15.2 Å². The molecular formula is C23H29FN2O3. The van der Waals surface area contributed by atoms with Crippen molar-refractivity contribution in [2.75, 3.05) is 19.6 Å². The fraction of sp³-hybridized carbons (Fsp3) is 0.391. The minimum absolute atomic E-state index is 0.0189. The molecule has 0 radical (unpaired) electrons. The first-order valence-electron chi connectivity index (χ1n) is 9.79. The first kappa shape index (κ1) is 22.6. The number of amides is 1. The third-order valence-corrected chi connectivity index (χ3v) is 4.97. The molecule has 0 atom stereocenters. The van der Waals surface area contributed by atoms with Gasteiger partial charge in [0.25, 0.3) is 5.91 Å². The minimum Gasteiger partial charge on any atom is -0.508 e. The Morgan fingerprint density at radius 1 is 1.14 bits per heavy atom. The molecule has 0 aromatic heterocycles. The highest BCUT2D eigenvalue weighted by molar-refractivity contribution is 5.94. The minimum atomic E-state index is -1.36. The van der Waals surface area contributed by atoms with E-state index in [1.54, 1.807) is 0 Å². The van der Waals surface area contributed by atoms with Gasteiger partial charge >= 0.3 is 0 Å². The van der Waals surface area contributed by atoms with Gasteiger partial charge in [0.1, 0.15) is 17.7 Å². The molecule has 156 valence electrons. The van der Waals surface area contributed by atoms with Crippen LogP contribution in [-0.4, -0.2) is 47.5 Å². The Balaban J connectivity index is 0.000000941. The Hall–Kier alpha value is -2.73. The number of hydrogen-bond donors (Lipinski definition) is 2. The number of nitrogens with one attached hydrogen (secondary N) is 1. The molecule has 2 aromatic rings. The topological polar surface area (TPSA) is 69.6 Å². The number of carbonyl (C=O) groups excluding carboxylic acids is 2. The molecule has 1 aliphatic rings. The van der Waals surface area contributed by atoms with Crippen molar-refractivity contribution in [2.24, 2.45) is 0 Å². The molecule has 1 heterocycles. The van der Waals surface area contributed by atoms with E-state index in [9.17, 15) is 14.3 Å². The summed E-state index contributed by atoms with van der Waals surface area (Å²) in [5, 5.41) is 11.9. The molecule has 2 aromatic carbocycles. The van der Waals surface area contributed by atoms with Gasteiger partial charge in [-0.05, 0) is 56.5 Å². The largest absolute Gasteiger partial charge is 0.508 e. The molecule has 0 saturated carbocycles. The van der Waals surface area contributed by atoms with Crippen LogP contribution < -0.4 is 5.32 Å². The van der Waals surface area contributed by atoms with Crippen molar-refractivity contribution in [2.45, 2.75) is 38.9 Å². The Labute approximate surface area is 171 Å². The van der Waals surface area contributed by atoms with Crippen molar-refractivity contribution in [3.05, 3.63) is 65.2 Å². The molecule has 6 heteroatoms. The molecule has 1 fully saturated rings. The number of phenols is 1. The third-order valence-electron chi connectivity index (χ3n) is 4.97. The van der Waals surface area contributed by atoms with Crippen molar-refractivity contribution in [3.63, 3.8) is 0 Å². The average Bonchev–Trinajstić information content (AvgIpc) is 2.71. The molecular weight excluding hydrogens is 371 g/mol. The second-order valence-corrected chi connectivity index (χ2v) is 7.38. The maximum atomic E-state index is 15.0. The van der Waals surface area contributed by atoms with Crippen molar-refractivity contribution < 1.29 is 19.1 Å². The first-order valence-corrected chi connectivity index (χ1v) is 9.79. The highest BCUT2D eigenvalue weighted by atomic mass is 19.1. The Kier molecular flexibility index (Phi) is 8.34. The number of nitrogens with zero attached hydrogens (tertiary/aromatic N) is 1. The van der Waals surface area contributed by atoms with Crippen LogP contribution in [0.2, 0.25) is 0 Å². The van der Waals surface area contributed by atoms with Gasteiger partial charge in [0.2, 0.25) is 0 Å². The van der Waals surface area contributed by atoms with Crippen molar-refractivity contribution >= 4 is 12.2 Å². The molecule has 3 rings (SSSR count). The van der Waals surface area contributed by atoms with E-state index in [0.717, 1.165) is 12.8 Å². The van der Waals surface area contributed by atoms with Crippen LogP contribution in [-0.2, 0) is 11.3 Å². The number of carbonyl (C=O) groups is 2. The molecule has 0 bridgehead atoms. The summed E-state index contributed by atoms with van der Waals surface area (Å²) in [5.41, 5.74) is 1.53. The molecule has 1 saturated heterocycles. The van der Waals surface area contributed by atoms with E-state index >= 15 is 0 Å². The van der Waals surface area contributed by atoms with E-state index in [1.807, 2.05) is 0 Å². The number of piperidine rings is 1. The van der Waals surface area contributed by atoms with Gasteiger partial charge in [-0.2, -0.15) is 0 Å². The van der Waals surface area contributed by atoms with Crippen molar-refractivity contribution in [1.29, 1.82) is 0 Å². The lowest BCUT2D eigenvalue weighted by molar-refractivity contribution is -0.106. The normalized spacial score (nSPS) is 15.7. The zero-order valence-corrected chi connectivity index (χ0v) is 17.0. The number of rotatable bonds is 5. The van der Waals surface area contributed by atoms with E-state index in [-0.39, 0.29) is 18.2 Å². The number of phenolic OH excluding ortho intramolecular Hbond substituents is 1. The molecule has 0 unspecified atom stereocenters. The van der Waals surface area contributed by atoms with Crippen molar-refractivity contribution in [3.8, 4) is 5.75 Å². The van der Waals surface area contributed by atoms with Gasteiger partial charge in [0.15, 0.2) is 0 Å². The van der Waals surface area contributed by atoms with Crippen LogP contribution in [0.15, 0.2) is 48.5 Å². The van der Waals surface area contributed by atoms with Crippen LogP contribution >= 0.6 is 0 Å². The van der Waals surface area contributed by atoms with Gasteiger partial charge in [-0.25, -0.2) is 4.39 Å². The molecule has 0 aliphatic carbocycles. The van der Waals surface area contributed by atoms with Crippen LogP contribution in [0, 0.1) is 6.92 Å². The summed E-state index contributed by atoms with van der Waals surface area (Å²) in [5.74, 6) is -0.214. The van der Waals surface area contributed by atoms with Gasteiger partial charge in [0.05, 0.1) is 6.54 Å². The van der Waals surface area contributed by atoms with Crippen LogP contribution in [0.5, 0.6) is 5.75 Å². The van der Waals surface area contributed by atoms with E-state index in [4.69, 9.17) is 4.79 Å². The summed E-state index contributed by atoms with van der Waals surface area (Å²) in [4.78, 5) is 23.2. The second-order valence-electron chi connectivity index (χ2n) is 7.38.